The van der Waals surface area contributed by atoms with Gasteiger partial charge < -0.3 is 57.4 Å². The molecule has 0 radical (unpaired) electrons. The van der Waals surface area contributed by atoms with Crippen molar-refractivity contribution in [2.75, 3.05) is 126 Å². The van der Waals surface area contributed by atoms with Crippen LogP contribution in [0.2, 0.25) is 10.0 Å². The first-order valence-corrected chi connectivity index (χ1v) is 29.1. The van der Waals surface area contributed by atoms with E-state index in [-0.39, 0.29) is 30.9 Å². The van der Waals surface area contributed by atoms with E-state index < -0.39 is 24.0 Å². The largest absolute Gasteiger partial charge is 0.490 e. The van der Waals surface area contributed by atoms with Crippen LogP contribution in [0.5, 0.6) is 23.1 Å². The minimum Gasteiger partial charge on any atom is -0.490 e. The second-order valence-corrected chi connectivity index (χ2v) is 22.2. The van der Waals surface area contributed by atoms with Gasteiger partial charge in [-0.05, 0) is 92.4 Å². The van der Waals surface area contributed by atoms with Crippen molar-refractivity contribution in [3.05, 3.63) is 105 Å². The average Bonchev–Trinajstić information content (AvgIpc) is 3.77. The molecule has 1 saturated carbocycles. The fraction of sp³-hybridized carbons (Fsp3) is 0.508. The van der Waals surface area contributed by atoms with Gasteiger partial charge in [-0.25, -0.2) is 29.1 Å². The predicted molar refractivity (Wildman–Crippen MR) is 306 cm³/mol. The number of hydrogen-bond acceptors (Lipinski definition) is 18. The minimum absolute atomic E-state index is 0.0232. The number of benzene rings is 3. The normalized spacial score (nSPS) is 17.7. The van der Waals surface area contributed by atoms with Gasteiger partial charge in [-0.15, -0.1) is 11.3 Å². The topological polar surface area (TPSA) is 188 Å². The lowest BCUT2D eigenvalue weighted by Gasteiger charge is -2.35. The number of likely N-dealkylation sites (N-methyl/N-ethyl adjacent to an activating group) is 1. The number of fused-ring (bicyclic) bond motifs is 7. The number of methoxy groups -OCH3 is 1. The summed E-state index contributed by atoms with van der Waals surface area (Å²) in [6.07, 6.45) is 4.70. The smallest absolute Gasteiger partial charge is 0.345 e. The van der Waals surface area contributed by atoms with Crippen LogP contribution in [-0.4, -0.2) is 179 Å². The van der Waals surface area contributed by atoms with Gasteiger partial charge in [-0.1, -0.05) is 48.2 Å². The number of thiophene rings is 1. The van der Waals surface area contributed by atoms with E-state index in [4.69, 9.17) is 80.5 Å². The van der Waals surface area contributed by atoms with E-state index in [9.17, 15) is 14.3 Å². The minimum atomic E-state index is -1.48. The van der Waals surface area contributed by atoms with Crippen molar-refractivity contribution in [3.63, 3.8) is 0 Å². The standard InChI is InChI=1S/C59H71Cl2FN6O12S/c1-38-48-39(2)52(61)53(51(38)60)79-45(33-68-19-17-67(3)18-20-68)35-77-44-11-12-46(41(31-44)32-47(57(69)70)80-55-50-49(48)54(81-56(50)65-37-64-55)40-7-9-42(62)10-8-40)78-34-43-13-16-63-58(66-43)59(14-5-6-15-59)36-76-30-29-75-28-27-74-26-25-73-24-23-72-22-21-71-4/h7-13,16,31,37,45,47H,5-6,14-15,17-30,32-36H2,1-4H3,(H,69,70)/t45-,47-/m1/s1. The van der Waals surface area contributed by atoms with Crippen molar-refractivity contribution < 1.29 is 61.7 Å². The number of carboxylic acids is 1. The van der Waals surface area contributed by atoms with Crippen LogP contribution in [0.1, 0.15) is 53.9 Å². The van der Waals surface area contributed by atoms with Crippen LogP contribution >= 0.6 is 34.5 Å². The molecule has 18 nitrogen and oxygen atoms in total. The Bertz CT molecular complexity index is 3010. The molecule has 3 aromatic heterocycles. The summed E-state index contributed by atoms with van der Waals surface area (Å²) in [5, 5.41) is 12.0. The van der Waals surface area contributed by atoms with Crippen LogP contribution in [-0.2, 0) is 51.7 Å². The van der Waals surface area contributed by atoms with Crippen LogP contribution in [0.4, 0.5) is 4.39 Å². The van der Waals surface area contributed by atoms with Gasteiger partial charge in [0.05, 0.1) is 99.2 Å². The van der Waals surface area contributed by atoms with Crippen molar-refractivity contribution in [1.29, 1.82) is 0 Å². The fourth-order valence-electron chi connectivity index (χ4n) is 10.4. The molecule has 4 bridgehead atoms. The molecule has 3 aliphatic heterocycles. The van der Waals surface area contributed by atoms with Crippen molar-refractivity contribution in [2.24, 2.45) is 0 Å². The maximum absolute atomic E-state index is 14.5. The highest BCUT2D eigenvalue weighted by molar-refractivity contribution is 7.22. The maximum Gasteiger partial charge on any atom is 0.345 e. The molecule has 1 saturated heterocycles. The monoisotopic (exact) mass is 1180 g/mol. The van der Waals surface area contributed by atoms with E-state index >= 15 is 0 Å². The fourth-order valence-corrected chi connectivity index (χ4v) is 12.0. The molecular weight excluding hydrogens is 1110 g/mol. The SMILES string of the molecule is COCCOCCOCCOCCOCCOCC1(c2nccc(COc3ccc4cc3C[C@H](C(=O)O)Oc3ncnc5sc(-c6ccc(F)cc6)c(c35)-c3c(C)c(Cl)c(c(Cl)c3C)O[C@H](CN3CCN(C)CC3)CO4)n2)CCCC1. The summed E-state index contributed by atoms with van der Waals surface area (Å²) in [6.45, 7) is 13.1. The van der Waals surface area contributed by atoms with Gasteiger partial charge in [-0.3, -0.25) is 4.90 Å². The van der Waals surface area contributed by atoms with Gasteiger partial charge in [0, 0.05) is 68.5 Å². The number of aliphatic carboxylic acids is 1. The number of nitrogens with zero attached hydrogens (tertiary/aromatic N) is 6. The molecule has 0 unspecified atom stereocenters. The van der Waals surface area contributed by atoms with Crippen molar-refractivity contribution in [1.82, 2.24) is 29.7 Å². The van der Waals surface area contributed by atoms with E-state index in [0.29, 0.717) is 167 Å². The number of halogens is 3. The molecule has 2 atom stereocenters. The zero-order valence-corrected chi connectivity index (χ0v) is 48.7. The summed E-state index contributed by atoms with van der Waals surface area (Å²) in [6, 6.07) is 13.3. The Morgan fingerprint density at radius 2 is 1.47 bits per heavy atom. The predicted octanol–water partition coefficient (Wildman–Crippen LogP) is 9.46. The Morgan fingerprint density at radius 1 is 0.815 bits per heavy atom. The molecule has 0 spiro atoms. The molecule has 2 fully saturated rings. The summed E-state index contributed by atoms with van der Waals surface area (Å²) in [4.78, 5) is 38.4. The highest BCUT2D eigenvalue weighted by Crippen LogP contribution is 2.53. The van der Waals surface area contributed by atoms with Crippen molar-refractivity contribution in [3.8, 4) is 44.7 Å². The summed E-state index contributed by atoms with van der Waals surface area (Å²) in [5.74, 6) is 0.242. The molecule has 10 rings (SSSR count). The Balaban J connectivity index is 0.950. The van der Waals surface area contributed by atoms with E-state index in [1.807, 2.05) is 19.9 Å². The molecule has 436 valence electrons. The lowest BCUT2D eigenvalue weighted by molar-refractivity contribution is -0.145. The third-order valence-corrected chi connectivity index (χ3v) is 16.8. The lowest BCUT2D eigenvalue weighted by Crippen LogP contribution is -2.49. The zero-order chi connectivity index (χ0) is 56.7. The number of hydrogen-bond donors (Lipinski definition) is 1. The Morgan fingerprint density at radius 3 is 2.12 bits per heavy atom. The maximum atomic E-state index is 14.5. The van der Waals surface area contributed by atoms with Gasteiger partial charge in [-0.2, -0.15) is 0 Å². The van der Waals surface area contributed by atoms with Crippen LogP contribution in [0, 0.1) is 19.7 Å². The van der Waals surface area contributed by atoms with Crippen LogP contribution in [0.15, 0.2) is 61.1 Å². The second kappa shape index (κ2) is 29.2. The summed E-state index contributed by atoms with van der Waals surface area (Å²) >= 11 is 16.1. The summed E-state index contributed by atoms with van der Waals surface area (Å²) in [7, 11) is 3.74. The molecule has 4 aliphatic rings. The van der Waals surface area contributed by atoms with Gasteiger partial charge >= 0.3 is 5.97 Å². The Hall–Kier alpha value is -5.36. The highest BCUT2D eigenvalue weighted by Gasteiger charge is 2.39. The zero-order valence-electron chi connectivity index (χ0n) is 46.4. The first-order valence-electron chi connectivity index (χ1n) is 27.5. The summed E-state index contributed by atoms with van der Waals surface area (Å²) < 4.78 is 74.6. The Kier molecular flexibility index (Phi) is 21.8. The molecule has 1 N–H and O–H groups in total. The molecule has 22 heteroatoms. The molecule has 1 aliphatic carbocycles. The van der Waals surface area contributed by atoms with Gasteiger partial charge in [0.25, 0.3) is 0 Å². The van der Waals surface area contributed by atoms with Gasteiger partial charge in [0.15, 0.2) is 5.75 Å². The molecule has 6 heterocycles. The average molecular weight is 1180 g/mol. The van der Waals surface area contributed by atoms with E-state index in [0.717, 1.165) is 51.9 Å². The quantitative estimate of drug-likeness (QED) is 0.0533. The first kappa shape index (κ1) is 60.2. The number of rotatable bonds is 25. The number of piperazine rings is 1. The lowest BCUT2D eigenvalue weighted by atomic mass is 9.86. The third kappa shape index (κ3) is 15.5. The molecule has 6 aromatic rings. The van der Waals surface area contributed by atoms with Gasteiger partial charge in [0.1, 0.15) is 53.6 Å². The number of aromatic nitrogens is 4. The molecule has 81 heavy (non-hydrogen) atoms. The van der Waals surface area contributed by atoms with E-state index in [2.05, 4.69) is 26.8 Å². The molecule has 3 aromatic carbocycles. The number of ether oxygens (including phenoxy) is 10. The molecule has 0 amide bonds. The van der Waals surface area contributed by atoms with Crippen molar-refractivity contribution in [2.45, 2.75) is 70.2 Å². The van der Waals surface area contributed by atoms with Crippen LogP contribution in [0.25, 0.3) is 31.8 Å². The summed E-state index contributed by atoms with van der Waals surface area (Å²) in [5.41, 5.74) is 4.02. The highest BCUT2D eigenvalue weighted by atomic mass is 35.5. The van der Waals surface area contributed by atoms with Crippen LogP contribution < -0.4 is 18.9 Å². The second-order valence-electron chi connectivity index (χ2n) is 20.5. The first-order chi connectivity index (χ1) is 39.4. The number of carbonyl (C=O) groups is 1. The van der Waals surface area contributed by atoms with E-state index in [1.165, 1.54) is 29.8 Å². The third-order valence-electron chi connectivity index (χ3n) is 14.8. The molecular formula is C59H71Cl2FN6O12S. The van der Waals surface area contributed by atoms with E-state index in [1.54, 1.807) is 43.6 Å². The van der Waals surface area contributed by atoms with Crippen LogP contribution in [0.3, 0.4) is 0 Å². The number of carboxylic acid groups (broad SMARTS) is 1. The van der Waals surface area contributed by atoms with Gasteiger partial charge in [0.2, 0.25) is 12.0 Å². The Labute approximate surface area is 486 Å². The van der Waals surface area contributed by atoms with Crippen molar-refractivity contribution >= 4 is 50.7 Å².